The molecule has 5 heteroatoms. The van der Waals surface area contributed by atoms with E-state index in [0.29, 0.717) is 12.6 Å². The Bertz CT molecular complexity index is 546. The number of nitrogens with zero attached hydrogens (tertiary/aromatic N) is 1. The molecule has 0 unspecified atom stereocenters. The molecule has 0 fully saturated rings. The SMILES string of the molecule is CC(C)NCc1nc2ccc(C(=O)O)cc2[nH]1. The van der Waals surface area contributed by atoms with Crippen molar-refractivity contribution >= 4 is 17.0 Å². The zero-order valence-electron chi connectivity index (χ0n) is 9.82. The molecule has 0 bridgehead atoms. The van der Waals surface area contributed by atoms with E-state index in [-0.39, 0.29) is 5.56 Å². The van der Waals surface area contributed by atoms with Gasteiger partial charge in [0.25, 0.3) is 0 Å². The van der Waals surface area contributed by atoms with Gasteiger partial charge < -0.3 is 15.4 Å². The van der Waals surface area contributed by atoms with E-state index < -0.39 is 5.97 Å². The number of hydrogen-bond donors (Lipinski definition) is 3. The molecular weight excluding hydrogens is 218 g/mol. The fourth-order valence-corrected chi connectivity index (χ4v) is 1.58. The zero-order valence-corrected chi connectivity index (χ0v) is 9.82. The van der Waals surface area contributed by atoms with Crippen LogP contribution in [-0.4, -0.2) is 27.1 Å². The fourth-order valence-electron chi connectivity index (χ4n) is 1.58. The standard InChI is InChI=1S/C12H15N3O2/c1-7(2)13-6-11-14-9-4-3-8(12(16)17)5-10(9)15-11/h3-5,7,13H,6H2,1-2H3,(H,14,15)(H,16,17). The smallest absolute Gasteiger partial charge is 0.335 e. The summed E-state index contributed by atoms with van der Waals surface area (Å²) in [6.45, 7) is 4.77. The molecule has 5 nitrogen and oxygen atoms in total. The molecule has 0 saturated heterocycles. The molecule has 3 N–H and O–H groups in total. The molecule has 90 valence electrons. The van der Waals surface area contributed by atoms with Crippen molar-refractivity contribution in [2.24, 2.45) is 0 Å². The van der Waals surface area contributed by atoms with E-state index >= 15 is 0 Å². The van der Waals surface area contributed by atoms with Crippen LogP contribution < -0.4 is 5.32 Å². The lowest BCUT2D eigenvalue weighted by atomic mass is 10.2. The van der Waals surface area contributed by atoms with Gasteiger partial charge in [0.15, 0.2) is 0 Å². The molecule has 0 radical (unpaired) electrons. The molecule has 0 aliphatic carbocycles. The Kier molecular flexibility index (Phi) is 3.10. The van der Waals surface area contributed by atoms with Gasteiger partial charge in [0.05, 0.1) is 23.1 Å². The van der Waals surface area contributed by atoms with Crippen LogP contribution >= 0.6 is 0 Å². The highest BCUT2D eigenvalue weighted by Crippen LogP contribution is 2.13. The van der Waals surface area contributed by atoms with Gasteiger partial charge in [-0.1, -0.05) is 13.8 Å². The van der Waals surface area contributed by atoms with Crippen LogP contribution in [0.5, 0.6) is 0 Å². The van der Waals surface area contributed by atoms with Crippen LogP contribution in [0.25, 0.3) is 11.0 Å². The van der Waals surface area contributed by atoms with Crippen molar-refractivity contribution in [2.45, 2.75) is 26.4 Å². The van der Waals surface area contributed by atoms with Gasteiger partial charge >= 0.3 is 5.97 Å². The van der Waals surface area contributed by atoms with E-state index in [1.54, 1.807) is 18.2 Å². The quantitative estimate of drug-likeness (QED) is 0.752. The third kappa shape index (κ3) is 2.62. The summed E-state index contributed by atoms with van der Waals surface area (Å²) in [7, 11) is 0. The number of nitrogens with one attached hydrogen (secondary N) is 2. The van der Waals surface area contributed by atoms with Crippen LogP contribution in [0, 0.1) is 0 Å². The van der Waals surface area contributed by atoms with Gasteiger partial charge in [0.1, 0.15) is 5.82 Å². The molecule has 0 aliphatic rings. The van der Waals surface area contributed by atoms with Crippen LogP contribution in [0.2, 0.25) is 0 Å². The maximum atomic E-state index is 10.8. The number of aromatic carboxylic acids is 1. The Morgan fingerprint density at radius 3 is 2.94 bits per heavy atom. The highest BCUT2D eigenvalue weighted by atomic mass is 16.4. The molecule has 1 heterocycles. The van der Waals surface area contributed by atoms with Crippen LogP contribution in [-0.2, 0) is 6.54 Å². The molecule has 2 aromatic rings. The first-order chi connectivity index (χ1) is 8.06. The van der Waals surface area contributed by atoms with Gasteiger partial charge in [-0.3, -0.25) is 0 Å². The number of aromatic nitrogens is 2. The highest BCUT2D eigenvalue weighted by Gasteiger charge is 2.07. The van der Waals surface area contributed by atoms with Crippen LogP contribution in [0.1, 0.15) is 30.0 Å². The number of benzene rings is 1. The summed E-state index contributed by atoms with van der Waals surface area (Å²) in [6, 6.07) is 5.26. The molecule has 0 amide bonds. The monoisotopic (exact) mass is 233 g/mol. The van der Waals surface area contributed by atoms with E-state index in [0.717, 1.165) is 16.9 Å². The molecule has 0 atom stereocenters. The zero-order chi connectivity index (χ0) is 12.4. The van der Waals surface area contributed by atoms with Gasteiger partial charge in [-0.15, -0.1) is 0 Å². The van der Waals surface area contributed by atoms with Gasteiger partial charge in [-0.2, -0.15) is 0 Å². The van der Waals surface area contributed by atoms with Crippen LogP contribution in [0.4, 0.5) is 0 Å². The van der Waals surface area contributed by atoms with Crippen molar-refractivity contribution in [1.29, 1.82) is 0 Å². The average Bonchev–Trinajstić information content (AvgIpc) is 2.67. The summed E-state index contributed by atoms with van der Waals surface area (Å²) in [5.74, 6) is -0.111. The highest BCUT2D eigenvalue weighted by molar-refractivity contribution is 5.92. The lowest BCUT2D eigenvalue weighted by molar-refractivity contribution is 0.0697. The van der Waals surface area contributed by atoms with Gasteiger partial charge in [-0.05, 0) is 18.2 Å². The first-order valence-electron chi connectivity index (χ1n) is 5.51. The topological polar surface area (TPSA) is 78.0 Å². The predicted molar refractivity (Wildman–Crippen MR) is 65.0 cm³/mol. The van der Waals surface area contributed by atoms with Crippen molar-refractivity contribution in [3.8, 4) is 0 Å². The first kappa shape index (κ1) is 11.6. The Hall–Kier alpha value is -1.88. The average molecular weight is 233 g/mol. The maximum absolute atomic E-state index is 10.8. The predicted octanol–water partition coefficient (Wildman–Crippen LogP) is 1.76. The molecule has 17 heavy (non-hydrogen) atoms. The summed E-state index contributed by atoms with van der Waals surface area (Å²) in [5.41, 5.74) is 1.81. The summed E-state index contributed by atoms with van der Waals surface area (Å²) < 4.78 is 0. The second kappa shape index (κ2) is 4.55. The second-order valence-electron chi connectivity index (χ2n) is 4.26. The minimum atomic E-state index is -0.927. The summed E-state index contributed by atoms with van der Waals surface area (Å²) in [4.78, 5) is 18.3. The molecular formula is C12H15N3O2. The minimum absolute atomic E-state index is 0.268. The Morgan fingerprint density at radius 1 is 1.53 bits per heavy atom. The Morgan fingerprint density at radius 2 is 2.29 bits per heavy atom. The van der Waals surface area contributed by atoms with E-state index in [2.05, 4.69) is 29.1 Å². The molecule has 2 rings (SSSR count). The van der Waals surface area contributed by atoms with Crippen LogP contribution in [0.3, 0.4) is 0 Å². The third-order valence-electron chi connectivity index (χ3n) is 2.46. The maximum Gasteiger partial charge on any atom is 0.335 e. The van der Waals surface area contributed by atoms with Gasteiger partial charge in [-0.25, -0.2) is 9.78 Å². The molecule has 0 spiro atoms. The van der Waals surface area contributed by atoms with E-state index in [9.17, 15) is 4.79 Å². The van der Waals surface area contributed by atoms with Gasteiger partial charge in [0, 0.05) is 6.04 Å². The largest absolute Gasteiger partial charge is 0.478 e. The lowest BCUT2D eigenvalue weighted by Gasteiger charge is -2.04. The Balaban J connectivity index is 2.27. The van der Waals surface area contributed by atoms with E-state index in [4.69, 9.17) is 5.11 Å². The number of fused-ring (bicyclic) bond motifs is 1. The third-order valence-corrected chi connectivity index (χ3v) is 2.46. The number of carboxylic acid groups (broad SMARTS) is 1. The summed E-state index contributed by atoms with van der Waals surface area (Å²) in [5, 5.41) is 12.1. The van der Waals surface area contributed by atoms with Crippen molar-refractivity contribution < 1.29 is 9.90 Å². The van der Waals surface area contributed by atoms with E-state index in [1.807, 2.05) is 0 Å². The fraction of sp³-hybridized carbons (Fsp3) is 0.333. The number of imidazole rings is 1. The number of H-pyrrole nitrogens is 1. The van der Waals surface area contributed by atoms with Crippen molar-refractivity contribution in [1.82, 2.24) is 15.3 Å². The van der Waals surface area contributed by atoms with Crippen molar-refractivity contribution in [2.75, 3.05) is 0 Å². The number of aromatic amines is 1. The normalized spacial score (nSPS) is 11.2. The number of hydrogen-bond acceptors (Lipinski definition) is 3. The van der Waals surface area contributed by atoms with Gasteiger partial charge in [0.2, 0.25) is 0 Å². The minimum Gasteiger partial charge on any atom is -0.478 e. The molecule has 0 saturated carbocycles. The molecule has 1 aromatic heterocycles. The molecule has 1 aromatic carbocycles. The summed E-state index contributed by atoms with van der Waals surface area (Å²) >= 11 is 0. The second-order valence-corrected chi connectivity index (χ2v) is 4.26. The number of carboxylic acids is 1. The van der Waals surface area contributed by atoms with Crippen LogP contribution in [0.15, 0.2) is 18.2 Å². The lowest BCUT2D eigenvalue weighted by Crippen LogP contribution is -2.22. The summed E-state index contributed by atoms with van der Waals surface area (Å²) in [6.07, 6.45) is 0. The van der Waals surface area contributed by atoms with Crippen molar-refractivity contribution in [3.63, 3.8) is 0 Å². The Labute approximate surface area is 98.9 Å². The molecule has 0 aliphatic heterocycles. The number of carbonyl (C=O) groups is 1. The first-order valence-corrected chi connectivity index (χ1v) is 5.51. The van der Waals surface area contributed by atoms with Crippen molar-refractivity contribution in [3.05, 3.63) is 29.6 Å². The number of rotatable bonds is 4. The van der Waals surface area contributed by atoms with E-state index in [1.165, 1.54) is 0 Å².